The second kappa shape index (κ2) is 8.43. The summed E-state index contributed by atoms with van der Waals surface area (Å²) in [6, 6.07) is 5.31. The average Bonchev–Trinajstić information content (AvgIpc) is 2.44. The number of benzene rings is 1. The molecule has 0 aliphatic heterocycles. The van der Waals surface area contributed by atoms with Crippen molar-refractivity contribution in [2.24, 2.45) is 0 Å². The molecule has 3 N–H and O–H groups in total. The fourth-order valence-corrected chi connectivity index (χ4v) is 1.97. The maximum Gasteiger partial charge on any atom is 0.340 e. The predicted molar refractivity (Wildman–Crippen MR) is 81.0 cm³/mol. The van der Waals surface area contributed by atoms with E-state index in [1.54, 1.807) is 19.1 Å². The molecular formula is C15H24N2O3. The molecule has 0 saturated heterocycles. The van der Waals surface area contributed by atoms with Crippen LogP contribution >= 0.6 is 0 Å². The Morgan fingerprint density at radius 1 is 1.35 bits per heavy atom. The number of nitrogens with zero attached hydrogens (tertiary/aromatic N) is 1. The lowest BCUT2D eigenvalue weighted by Crippen LogP contribution is -2.28. The maximum absolute atomic E-state index is 11.8. The maximum atomic E-state index is 11.8. The van der Waals surface area contributed by atoms with Crippen LogP contribution in [0.3, 0.4) is 0 Å². The van der Waals surface area contributed by atoms with E-state index in [1.165, 1.54) is 0 Å². The Balaban J connectivity index is 2.98. The van der Waals surface area contributed by atoms with Gasteiger partial charge >= 0.3 is 5.97 Å². The molecule has 0 heterocycles. The van der Waals surface area contributed by atoms with Crippen molar-refractivity contribution in [3.63, 3.8) is 0 Å². The van der Waals surface area contributed by atoms with Crippen LogP contribution in [0.1, 0.15) is 37.0 Å². The van der Waals surface area contributed by atoms with Gasteiger partial charge in [0, 0.05) is 24.5 Å². The number of hydrogen-bond acceptors (Lipinski definition) is 5. The van der Waals surface area contributed by atoms with Gasteiger partial charge in [0.1, 0.15) is 0 Å². The minimum Gasteiger partial charge on any atom is -0.462 e. The molecule has 0 atom stereocenters. The molecule has 0 fully saturated rings. The van der Waals surface area contributed by atoms with Crippen molar-refractivity contribution >= 4 is 17.3 Å². The molecule has 1 rings (SSSR count). The first-order valence-electron chi connectivity index (χ1n) is 7.06. The molecule has 5 nitrogen and oxygen atoms in total. The Kier molecular flexibility index (Phi) is 6.87. The van der Waals surface area contributed by atoms with Gasteiger partial charge in [-0.2, -0.15) is 0 Å². The third-order valence-electron chi connectivity index (χ3n) is 3.05. The second-order valence-corrected chi connectivity index (χ2v) is 4.56. The quantitative estimate of drug-likeness (QED) is 0.563. The van der Waals surface area contributed by atoms with E-state index in [4.69, 9.17) is 15.6 Å². The molecular weight excluding hydrogens is 256 g/mol. The predicted octanol–water partition coefficient (Wildman–Crippen LogP) is 2.04. The number of esters is 1. The molecule has 0 aliphatic carbocycles. The number of aliphatic hydroxyl groups excluding tert-OH is 1. The van der Waals surface area contributed by atoms with Crippen LogP contribution in [0.25, 0.3) is 0 Å². The van der Waals surface area contributed by atoms with Crippen molar-refractivity contribution in [1.29, 1.82) is 0 Å². The molecule has 1 aromatic carbocycles. The first-order valence-corrected chi connectivity index (χ1v) is 7.06. The van der Waals surface area contributed by atoms with E-state index in [-0.39, 0.29) is 6.61 Å². The van der Waals surface area contributed by atoms with Crippen LogP contribution in [0.4, 0.5) is 11.4 Å². The topological polar surface area (TPSA) is 75.8 Å². The van der Waals surface area contributed by atoms with Gasteiger partial charge in [0.2, 0.25) is 0 Å². The normalized spacial score (nSPS) is 10.3. The van der Waals surface area contributed by atoms with Crippen LogP contribution in [-0.2, 0) is 4.74 Å². The third kappa shape index (κ3) is 4.42. The molecule has 5 heteroatoms. The van der Waals surface area contributed by atoms with Gasteiger partial charge in [-0.15, -0.1) is 0 Å². The van der Waals surface area contributed by atoms with Crippen LogP contribution in [0, 0.1) is 0 Å². The molecule has 1 aromatic rings. The highest BCUT2D eigenvalue weighted by Gasteiger charge is 2.14. The number of nitrogens with two attached hydrogens (primary N) is 1. The summed E-state index contributed by atoms with van der Waals surface area (Å²) in [6.45, 7) is 5.64. The summed E-state index contributed by atoms with van der Waals surface area (Å²) in [5, 5.41) is 9.16. The SMILES string of the molecule is CCCCN(CCO)c1ccc(N)c(C(=O)OCC)c1. The lowest BCUT2D eigenvalue weighted by molar-refractivity contribution is 0.0527. The van der Waals surface area contributed by atoms with E-state index in [1.807, 2.05) is 11.0 Å². The van der Waals surface area contributed by atoms with Gasteiger partial charge in [-0.1, -0.05) is 13.3 Å². The van der Waals surface area contributed by atoms with Crippen molar-refractivity contribution < 1.29 is 14.6 Å². The Bertz CT molecular complexity index is 435. The van der Waals surface area contributed by atoms with E-state index in [0.717, 1.165) is 25.1 Å². The van der Waals surface area contributed by atoms with Crippen molar-refractivity contribution in [1.82, 2.24) is 0 Å². The molecule has 0 aliphatic rings. The fraction of sp³-hybridized carbons (Fsp3) is 0.533. The molecule has 0 radical (unpaired) electrons. The summed E-state index contributed by atoms with van der Waals surface area (Å²) in [5.74, 6) is -0.411. The average molecular weight is 280 g/mol. The number of hydrogen-bond donors (Lipinski definition) is 2. The number of carbonyl (C=O) groups excluding carboxylic acids is 1. The van der Waals surface area contributed by atoms with Crippen LogP contribution in [0.5, 0.6) is 0 Å². The Morgan fingerprint density at radius 3 is 2.70 bits per heavy atom. The van der Waals surface area contributed by atoms with E-state index in [9.17, 15) is 4.79 Å². The highest BCUT2D eigenvalue weighted by molar-refractivity contribution is 5.96. The molecule has 0 unspecified atom stereocenters. The largest absolute Gasteiger partial charge is 0.462 e. The summed E-state index contributed by atoms with van der Waals surface area (Å²) in [5.41, 5.74) is 7.49. The minimum atomic E-state index is -0.411. The molecule has 0 bridgehead atoms. The number of unbranched alkanes of at least 4 members (excludes halogenated alkanes) is 1. The highest BCUT2D eigenvalue weighted by atomic mass is 16.5. The molecule has 0 saturated carbocycles. The molecule has 112 valence electrons. The standard InChI is InChI=1S/C15H24N2O3/c1-3-5-8-17(9-10-18)12-6-7-14(16)13(11-12)15(19)20-4-2/h6-7,11,18H,3-5,8-10,16H2,1-2H3. The van der Waals surface area contributed by atoms with Gasteiger partial charge in [-0.25, -0.2) is 4.79 Å². The first-order chi connectivity index (χ1) is 9.63. The van der Waals surface area contributed by atoms with E-state index in [2.05, 4.69) is 6.92 Å². The molecule has 0 aromatic heterocycles. The number of anilines is 2. The van der Waals surface area contributed by atoms with Crippen molar-refractivity contribution in [2.75, 3.05) is 36.9 Å². The summed E-state index contributed by atoms with van der Waals surface area (Å²) >= 11 is 0. The van der Waals surface area contributed by atoms with Gasteiger partial charge in [-0.3, -0.25) is 0 Å². The summed E-state index contributed by atoms with van der Waals surface area (Å²) in [6.07, 6.45) is 2.10. The van der Waals surface area contributed by atoms with Crippen molar-refractivity contribution in [3.8, 4) is 0 Å². The molecule has 0 spiro atoms. The smallest absolute Gasteiger partial charge is 0.340 e. The van der Waals surface area contributed by atoms with Crippen molar-refractivity contribution in [2.45, 2.75) is 26.7 Å². The summed E-state index contributed by atoms with van der Waals surface area (Å²) in [7, 11) is 0. The van der Waals surface area contributed by atoms with Crippen LogP contribution in [-0.4, -0.2) is 37.4 Å². The minimum absolute atomic E-state index is 0.0723. The van der Waals surface area contributed by atoms with Crippen LogP contribution < -0.4 is 10.6 Å². The summed E-state index contributed by atoms with van der Waals surface area (Å²) in [4.78, 5) is 13.9. The van der Waals surface area contributed by atoms with Gasteiger partial charge in [0.05, 0.1) is 18.8 Å². The van der Waals surface area contributed by atoms with E-state index < -0.39 is 5.97 Å². The zero-order chi connectivity index (χ0) is 15.0. The van der Waals surface area contributed by atoms with Crippen LogP contribution in [0.15, 0.2) is 18.2 Å². The monoisotopic (exact) mass is 280 g/mol. The number of rotatable bonds is 8. The van der Waals surface area contributed by atoms with Gasteiger partial charge in [0.25, 0.3) is 0 Å². The van der Waals surface area contributed by atoms with Crippen molar-refractivity contribution in [3.05, 3.63) is 23.8 Å². The van der Waals surface area contributed by atoms with Gasteiger partial charge in [-0.05, 0) is 31.5 Å². The lowest BCUT2D eigenvalue weighted by Gasteiger charge is -2.24. The molecule has 20 heavy (non-hydrogen) atoms. The zero-order valence-electron chi connectivity index (χ0n) is 12.3. The number of nitrogen functional groups attached to an aromatic ring is 1. The fourth-order valence-electron chi connectivity index (χ4n) is 1.97. The number of ether oxygens (including phenoxy) is 1. The number of carbonyl (C=O) groups is 1. The second-order valence-electron chi connectivity index (χ2n) is 4.56. The first kappa shape index (κ1) is 16.3. The van der Waals surface area contributed by atoms with E-state index in [0.29, 0.717) is 24.4 Å². The lowest BCUT2D eigenvalue weighted by atomic mass is 10.1. The summed E-state index contributed by atoms with van der Waals surface area (Å²) < 4.78 is 5.00. The Labute approximate surface area is 120 Å². The molecule has 0 amide bonds. The zero-order valence-corrected chi connectivity index (χ0v) is 12.3. The van der Waals surface area contributed by atoms with E-state index >= 15 is 0 Å². The highest BCUT2D eigenvalue weighted by Crippen LogP contribution is 2.22. The van der Waals surface area contributed by atoms with Gasteiger partial charge < -0.3 is 20.5 Å². The van der Waals surface area contributed by atoms with Gasteiger partial charge in [0.15, 0.2) is 0 Å². The third-order valence-corrected chi connectivity index (χ3v) is 3.05. The Hall–Kier alpha value is -1.75. The Morgan fingerprint density at radius 2 is 2.10 bits per heavy atom. The van der Waals surface area contributed by atoms with Crippen LogP contribution in [0.2, 0.25) is 0 Å². The number of aliphatic hydroxyl groups is 1.